The fraction of sp³-hybridized carbons (Fsp3) is 0.136. The summed E-state index contributed by atoms with van der Waals surface area (Å²) in [5.74, 6) is -0.419. The first-order valence-corrected chi connectivity index (χ1v) is 12.6. The van der Waals surface area contributed by atoms with Gasteiger partial charge < -0.3 is 5.32 Å². The van der Waals surface area contributed by atoms with E-state index < -0.39 is 22.0 Å². The molecular weight excluding hydrogens is 484 g/mol. The van der Waals surface area contributed by atoms with Gasteiger partial charge in [0.1, 0.15) is 6.04 Å². The quantitative estimate of drug-likeness (QED) is 0.436. The van der Waals surface area contributed by atoms with Crippen molar-refractivity contribution in [2.75, 3.05) is 11.6 Å². The molecule has 156 valence electrons. The van der Waals surface area contributed by atoms with Crippen molar-refractivity contribution in [3.8, 4) is 0 Å². The standard InChI is InChI=1S/C22H21BrN2O3S2/c1-29-19-9-5-8-18(15-19)24-22(26)21(14-16-6-3-2-4-7-16)25-30(27,28)20-12-10-17(23)11-13-20/h2-13,15,21,25H,14H2,1H3,(H,24,26)/t21-/m0/s1. The number of amides is 1. The Labute approximate surface area is 189 Å². The number of halogens is 1. The summed E-state index contributed by atoms with van der Waals surface area (Å²) in [6.07, 6.45) is 2.18. The van der Waals surface area contributed by atoms with Crippen molar-refractivity contribution >= 4 is 49.3 Å². The molecule has 0 aromatic heterocycles. The van der Waals surface area contributed by atoms with E-state index in [-0.39, 0.29) is 11.3 Å². The van der Waals surface area contributed by atoms with Gasteiger partial charge >= 0.3 is 0 Å². The molecule has 0 radical (unpaired) electrons. The Morgan fingerprint density at radius 1 is 1.00 bits per heavy atom. The fourth-order valence-corrected chi connectivity index (χ4v) is 4.76. The molecule has 3 rings (SSSR count). The van der Waals surface area contributed by atoms with Crippen molar-refractivity contribution in [1.82, 2.24) is 4.72 Å². The van der Waals surface area contributed by atoms with Crippen LogP contribution in [-0.2, 0) is 21.2 Å². The minimum absolute atomic E-state index is 0.0981. The number of nitrogens with one attached hydrogen (secondary N) is 2. The lowest BCUT2D eigenvalue weighted by Crippen LogP contribution is -2.45. The van der Waals surface area contributed by atoms with E-state index in [1.54, 1.807) is 30.0 Å². The lowest BCUT2D eigenvalue weighted by molar-refractivity contribution is -0.117. The van der Waals surface area contributed by atoms with Crippen LogP contribution >= 0.6 is 27.7 Å². The van der Waals surface area contributed by atoms with E-state index in [0.717, 1.165) is 14.9 Å². The third kappa shape index (κ3) is 6.18. The van der Waals surface area contributed by atoms with E-state index in [1.165, 1.54) is 12.1 Å². The molecule has 1 amide bonds. The maximum absolute atomic E-state index is 13.0. The minimum Gasteiger partial charge on any atom is -0.325 e. The van der Waals surface area contributed by atoms with Crippen molar-refractivity contribution < 1.29 is 13.2 Å². The van der Waals surface area contributed by atoms with E-state index >= 15 is 0 Å². The van der Waals surface area contributed by atoms with Gasteiger partial charge in [0.05, 0.1) is 4.90 Å². The van der Waals surface area contributed by atoms with Crippen LogP contribution in [0.5, 0.6) is 0 Å². The number of hydrogen-bond donors (Lipinski definition) is 2. The summed E-state index contributed by atoms with van der Waals surface area (Å²) in [5, 5.41) is 2.83. The topological polar surface area (TPSA) is 75.3 Å². The minimum atomic E-state index is -3.88. The maximum Gasteiger partial charge on any atom is 0.242 e. The SMILES string of the molecule is CSc1cccc(NC(=O)[C@H](Cc2ccccc2)NS(=O)(=O)c2ccc(Br)cc2)c1. The van der Waals surface area contributed by atoms with Crippen LogP contribution in [0.3, 0.4) is 0 Å². The second-order valence-corrected chi connectivity index (χ2v) is 10.0. The lowest BCUT2D eigenvalue weighted by Gasteiger charge is -2.19. The molecule has 30 heavy (non-hydrogen) atoms. The third-order valence-corrected chi connectivity index (χ3v) is 7.10. The molecule has 5 nitrogen and oxygen atoms in total. The van der Waals surface area contributed by atoms with Crippen molar-refractivity contribution in [2.24, 2.45) is 0 Å². The van der Waals surface area contributed by atoms with Crippen molar-refractivity contribution in [3.63, 3.8) is 0 Å². The van der Waals surface area contributed by atoms with Crippen molar-refractivity contribution in [3.05, 3.63) is 88.9 Å². The van der Waals surface area contributed by atoms with Crippen LogP contribution in [-0.4, -0.2) is 26.6 Å². The Kier molecular flexibility index (Phi) is 7.71. The molecule has 8 heteroatoms. The molecule has 0 aliphatic carbocycles. The summed E-state index contributed by atoms with van der Waals surface area (Å²) in [7, 11) is -3.88. The van der Waals surface area contributed by atoms with Crippen LogP contribution in [0.15, 0.2) is 93.1 Å². The predicted molar refractivity (Wildman–Crippen MR) is 125 cm³/mol. The van der Waals surface area contributed by atoms with Gasteiger partial charge in [-0.3, -0.25) is 4.79 Å². The Bertz CT molecular complexity index is 1100. The van der Waals surface area contributed by atoms with Gasteiger partial charge in [-0.1, -0.05) is 52.3 Å². The monoisotopic (exact) mass is 504 g/mol. The zero-order valence-electron chi connectivity index (χ0n) is 16.2. The Hall–Kier alpha value is -2.13. The van der Waals surface area contributed by atoms with Gasteiger partial charge in [-0.15, -0.1) is 11.8 Å². The number of carbonyl (C=O) groups excluding carboxylic acids is 1. The molecule has 0 fully saturated rings. The molecular formula is C22H21BrN2O3S2. The maximum atomic E-state index is 13.0. The first-order valence-electron chi connectivity index (χ1n) is 9.14. The van der Waals surface area contributed by atoms with Gasteiger partial charge in [0.15, 0.2) is 0 Å². The summed E-state index contributed by atoms with van der Waals surface area (Å²) in [5.41, 5.74) is 1.47. The molecule has 3 aromatic rings. The highest BCUT2D eigenvalue weighted by atomic mass is 79.9. The summed E-state index contributed by atoms with van der Waals surface area (Å²) >= 11 is 4.86. The summed E-state index contributed by atoms with van der Waals surface area (Å²) in [6.45, 7) is 0. The van der Waals surface area contributed by atoms with Crippen LogP contribution in [0.2, 0.25) is 0 Å². The second kappa shape index (κ2) is 10.3. The second-order valence-electron chi connectivity index (χ2n) is 6.54. The highest BCUT2D eigenvalue weighted by molar-refractivity contribution is 9.10. The van der Waals surface area contributed by atoms with Gasteiger partial charge in [0, 0.05) is 15.1 Å². The number of benzene rings is 3. The zero-order valence-corrected chi connectivity index (χ0v) is 19.4. The number of hydrogen-bond acceptors (Lipinski definition) is 4. The third-order valence-electron chi connectivity index (χ3n) is 4.36. The Morgan fingerprint density at radius 2 is 1.70 bits per heavy atom. The Morgan fingerprint density at radius 3 is 2.37 bits per heavy atom. The van der Waals surface area contributed by atoms with E-state index in [4.69, 9.17) is 0 Å². The normalized spacial score (nSPS) is 12.3. The average molecular weight is 505 g/mol. The van der Waals surface area contributed by atoms with Crippen molar-refractivity contribution in [1.29, 1.82) is 0 Å². The van der Waals surface area contributed by atoms with E-state index in [0.29, 0.717) is 5.69 Å². The summed E-state index contributed by atoms with van der Waals surface area (Å²) in [4.78, 5) is 14.1. The molecule has 0 saturated heterocycles. The molecule has 3 aromatic carbocycles. The zero-order chi connectivity index (χ0) is 21.6. The van der Waals surface area contributed by atoms with Crippen LogP contribution in [0.4, 0.5) is 5.69 Å². The van der Waals surface area contributed by atoms with Crippen molar-refractivity contribution in [2.45, 2.75) is 22.3 Å². The van der Waals surface area contributed by atoms with Gasteiger partial charge in [-0.2, -0.15) is 4.72 Å². The molecule has 0 aliphatic heterocycles. The fourth-order valence-electron chi connectivity index (χ4n) is 2.84. The molecule has 0 heterocycles. The molecule has 2 N–H and O–H groups in total. The van der Waals surface area contributed by atoms with E-state index in [1.807, 2.05) is 54.8 Å². The molecule has 0 spiro atoms. The number of thioether (sulfide) groups is 1. The highest BCUT2D eigenvalue weighted by Crippen LogP contribution is 2.20. The Balaban J connectivity index is 1.85. The first kappa shape index (κ1) is 22.6. The molecule has 1 atom stereocenters. The molecule has 0 saturated carbocycles. The first-order chi connectivity index (χ1) is 14.4. The van der Waals surface area contributed by atoms with Crippen LogP contribution in [0.1, 0.15) is 5.56 Å². The summed E-state index contributed by atoms with van der Waals surface area (Å²) in [6, 6.07) is 22.0. The smallest absolute Gasteiger partial charge is 0.242 e. The predicted octanol–water partition coefficient (Wildman–Crippen LogP) is 4.70. The van der Waals surface area contributed by atoms with Gasteiger partial charge in [-0.05, 0) is 60.7 Å². The number of carbonyl (C=O) groups is 1. The molecule has 0 unspecified atom stereocenters. The van der Waals surface area contributed by atoms with Crippen LogP contribution in [0.25, 0.3) is 0 Å². The van der Waals surface area contributed by atoms with Gasteiger partial charge in [0.2, 0.25) is 15.9 Å². The highest BCUT2D eigenvalue weighted by Gasteiger charge is 2.26. The molecule has 0 bridgehead atoms. The largest absolute Gasteiger partial charge is 0.325 e. The average Bonchev–Trinajstić information content (AvgIpc) is 2.74. The molecule has 0 aliphatic rings. The van der Waals surface area contributed by atoms with E-state index in [9.17, 15) is 13.2 Å². The lowest BCUT2D eigenvalue weighted by atomic mass is 10.1. The van der Waals surface area contributed by atoms with Gasteiger partial charge in [0.25, 0.3) is 0 Å². The van der Waals surface area contributed by atoms with Crippen LogP contribution < -0.4 is 10.0 Å². The number of sulfonamides is 1. The van der Waals surface area contributed by atoms with Gasteiger partial charge in [-0.25, -0.2) is 8.42 Å². The van der Waals surface area contributed by atoms with Crippen LogP contribution in [0, 0.1) is 0 Å². The van der Waals surface area contributed by atoms with E-state index in [2.05, 4.69) is 26.0 Å². The summed E-state index contributed by atoms with van der Waals surface area (Å²) < 4.78 is 29.1. The number of anilines is 1. The number of rotatable bonds is 8.